The normalized spacial score (nSPS) is 18.1. The Hall–Kier alpha value is -3.23. The smallest absolute Gasteiger partial charge is 0.274 e. The number of likely N-dealkylation sites (tertiary alicyclic amines) is 2. The first-order chi connectivity index (χ1) is 20.2. The number of para-hydroxylation sites is 1. The molecule has 2 saturated heterocycles. The monoisotopic (exact) mass is 576 g/mol. The molecule has 0 unspecified atom stereocenters. The first-order valence-corrected chi connectivity index (χ1v) is 15.4. The highest BCUT2D eigenvalue weighted by Crippen LogP contribution is 2.33. The number of hydrogen-bond acceptors (Lipinski definition) is 4. The second kappa shape index (κ2) is 13.0. The molecule has 0 bridgehead atoms. The van der Waals surface area contributed by atoms with E-state index >= 15 is 4.39 Å². The van der Waals surface area contributed by atoms with Crippen molar-refractivity contribution in [2.24, 2.45) is 11.8 Å². The molecule has 7 nitrogen and oxygen atoms in total. The molecular weight excluding hydrogens is 531 g/mol. The van der Waals surface area contributed by atoms with Crippen molar-refractivity contribution in [1.29, 1.82) is 0 Å². The number of halogens is 1. The fraction of sp³-hybridized carbons (Fsp3) is 0.529. The minimum absolute atomic E-state index is 0.161. The molecule has 2 aliphatic rings. The molecule has 2 aromatic carbocycles. The number of alkyl halides is 1. The predicted octanol–water partition coefficient (Wildman–Crippen LogP) is 5.75. The summed E-state index contributed by atoms with van der Waals surface area (Å²) in [6.07, 6.45) is 4.27. The Morgan fingerprint density at radius 2 is 1.69 bits per heavy atom. The van der Waals surface area contributed by atoms with Crippen molar-refractivity contribution >= 4 is 22.7 Å². The van der Waals surface area contributed by atoms with Gasteiger partial charge in [0.25, 0.3) is 5.91 Å². The summed E-state index contributed by atoms with van der Waals surface area (Å²) >= 11 is 0. The van der Waals surface area contributed by atoms with E-state index in [9.17, 15) is 9.59 Å². The molecule has 3 heterocycles. The van der Waals surface area contributed by atoms with Crippen LogP contribution < -0.4 is 5.48 Å². The number of fused-ring (bicyclic) bond motifs is 1. The molecule has 0 atom stereocenters. The van der Waals surface area contributed by atoms with E-state index in [2.05, 4.69) is 40.7 Å². The van der Waals surface area contributed by atoms with Gasteiger partial charge in [0.15, 0.2) is 0 Å². The van der Waals surface area contributed by atoms with E-state index in [4.69, 9.17) is 5.21 Å². The molecule has 0 aliphatic carbocycles. The van der Waals surface area contributed by atoms with Crippen molar-refractivity contribution in [2.75, 3.05) is 32.7 Å². The van der Waals surface area contributed by atoms with Crippen molar-refractivity contribution in [3.63, 3.8) is 0 Å². The van der Waals surface area contributed by atoms with Crippen molar-refractivity contribution in [3.05, 3.63) is 70.9 Å². The molecule has 2 amide bonds. The second-order valence-corrected chi connectivity index (χ2v) is 12.9. The Morgan fingerprint density at radius 1 is 1.02 bits per heavy atom. The topological polar surface area (TPSA) is 77.8 Å². The van der Waals surface area contributed by atoms with Crippen molar-refractivity contribution in [1.82, 2.24) is 19.8 Å². The van der Waals surface area contributed by atoms with Gasteiger partial charge in [0.1, 0.15) is 5.67 Å². The lowest BCUT2D eigenvalue weighted by molar-refractivity contribution is -0.134. The average Bonchev–Trinajstić information content (AvgIpc) is 3.24. The standard InChI is InChI=1S/C34H45FN4O3/c1-24(2)20-32(40)38-18-14-34(35,15-19-38)23-37-16-12-27(13-17-37)22-39-25(3)30(29-6-4-5-7-31(29)39)21-26-8-10-28(11-9-26)33(41)36-42/h4-11,24,27,42H,12-23H2,1-3H3,(H,36,41). The third kappa shape index (κ3) is 6.87. The maximum atomic E-state index is 15.8. The molecule has 42 heavy (non-hydrogen) atoms. The molecule has 0 saturated carbocycles. The van der Waals surface area contributed by atoms with Crippen LogP contribution in [-0.2, 0) is 17.8 Å². The summed E-state index contributed by atoms with van der Waals surface area (Å²) in [6, 6.07) is 15.9. The third-order valence-electron chi connectivity index (χ3n) is 9.31. The minimum Gasteiger partial charge on any atom is -0.344 e. The maximum absolute atomic E-state index is 15.8. The van der Waals surface area contributed by atoms with Crippen LogP contribution in [0, 0.1) is 18.8 Å². The Bertz CT molecular complexity index is 1380. The number of piperidine rings is 2. The lowest BCUT2D eigenvalue weighted by Gasteiger charge is -2.41. The zero-order valence-corrected chi connectivity index (χ0v) is 25.2. The van der Waals surface area contributed by atoms with Crippen molar-refractivity contribution in [2.45, 2.75) is 71.5 Å². The molecule has 226 valence electrons. The number of carbonyl (C=O) groups excluding carboxylic acids is 2. The lowest BCUT2D eigenvalue weighted by Crippen LogP contribution is -2.51. The molecule has 0 radical (unpaired) electrons. The van der Waals surface area contributed by atoms with Crippen LogP contribution >= 0.6 is 0 Å². The van der Waals surface area contributed by atoms with Gasteiger partial charge in [-0.1, -0.05) is 44.2 Å². The first-order valence-electron chi connectivity index (χ1n) is 15.4. The molecule has 1 aromatic heterocycles. The maximum Gasteiger partial charge on any atom is 0.274 e. The zero-order valence-electron chi connectivity index (χ0n) is 25.2. The quantitative estimate of drug-likeness (QED) is 0.251. The first kappa shape index (κ1) is 30.2. The summed E-state index contributed by atoms with van der Waals surface area (Å²) in [5.41, 5.74) is 5.81. The van der Waals surface area contributed by atoms with Crippen LogP contribution in [0.4, 0.5) is 4.39 Å². The van der Waals surface area contributed by atoms with Gasteiger partial charge in [-0.2, -0.15) is 0 Å². The van der Waals surface area contributed by atoms with Gasteiger partial charge in [0.2, 0.25) is 5.91 Å². The van der Waals surface area contributed by atoms with E-state index in [1.54, 1.807) is 17.6 Å². The van der Waals surface area contributed by atoms with Gasteiger partial charge in [-0.3, -0.25) is 14.8 Å². The number of benzene rings is 2. The summed E-state index contributed by atoms with van der Waals surface area (Å²) in [5, 5.41) is 10.2. The SMILES string of the molecule is Cc1c(Cc2ccc(C(=O)NO)cc2)c2ccccc2n1CC1CCN(CC2(F)CCN(C(=O)CC(C)C)CC2)CC1. The van der Waals surface area contributed by atoms with Gasteiger partial charge in [-0.05, 0) is 80.4 Å². The van der Waals surface area contributed by atoms with Gasteiger partial charge < -0.3 is 14.4 Å². The number of nitrogens with one attached hydrogen (secondary N) is 1. The molecule has 2 N–H and O–H groups in total. The lowest BCUT2D eigenvalue weighted by atomic mass is 9.90. The fourth-order valence-electron chi connectivity index (χ4n) is 6.78. The Morgan fingerprint density at radius 3 is 2.33 bits per heavy atom. The number of aromatic nitrogens is 1. The summed E-state index contributed by atoms with van der Waals surface area (Å²) in [6.45, 7) is 10.6. The molecule has 3 aromatic rings. The summed E-state index contributed by atoms with van der Waals surface area (Å²) < 4.78 is 18.2. The average molecular weight is 577 g/mol. The van der Waals surface area contributed by atoms with Crippen LogP contribution in [0.15, 0.2) is 48.5 Å². The van der Waals surface area contributed by atoms with Crippen LogP contribution in [0.1, 0.15) is 73.1 Å². The number of rotatable bonds is 9. The fourth-order valence-corrected chi connectivity index (χ4v) is 6.78. The van der Waals surface area contributed by atoms with E-state index in [1.807, 2.05) is 30.9 Å². The third-order valence-corrected chi connectivity index (χ3v) is 9.31. The van der Waals surface area contributed by atoms with Crippen LogP contribution in [0.2, 0.25) is 0 Å². The van der Waals surface area contributed by atoms with Gasteiger partial charge >= 0.3 is 0 Å². The number of amides is 2. The predicted molar refractivity (Wildman–Crippen MR) is 163 cm³/mol. The molecule has 2 aliphatic heterocycles. The Kier molecular flexibility index (Phi) is 9.33. The molecule has 0 spiro atoms. The number of carbonyl (C=O) groups is 2. The van der Waals surface area contributed by atoms with Gasteiger partial charge in [-0.25, -0.2) is 9.87 Å². The highest BCUT2D eigenvalue weighted by molar-refractivity contribution is 5.93. The molecule has 8 heteroatoms. The number of hydroxylamine groups is 1. The minimum atomic E-state index is -1.20. The molecule has 2 fully saturated rings. The van der Waals surface area contributed by atoms with Crippen LogP contribution in [0.5, 0.6) is 0 Å². The largest absolute Gasteiger partial charge is 0.344 e. The van der Waals surface area contributed by atoms with E-state index in [0.717, 1.165) is 44.5 Å². The Balaban J connectivity index is 1.19. The van der Waals surface area contributed by atoms with E-state index in [1.165, 1.54) is 22.2 Å². The van der Waals surface area contributed by atoms with Crippen LogP contribution in [0.25, 0.3) is 10.9 Å². The number of hydrogen-bond donors (Lipinski definition) is 2. The van der Waals surface area contributed by atoms with Gasteiger partial charge in [0, 0.05) is 67.6 Å². The zero-order chi connectivity index (χ0) is 29.9. The molecular formula is C34H45FN4O3. The van der Waals surface area contributed by atoms with Crippen molar-refractivity contribution < 1.29 is 19.2 Å². The van der Waals surface area contributed by atoms with Gasteiger partial charge in [-0.15, -0.1) is 0 Å². The van der Waals surface area contributed by atoms with E-state index in [0.29, 0.717) is 56.3 Å². The van der Waals surface area contributed by atoms with E-state index in [-0.39, 0.29) is 5.91 Å². The Labute approximate surface area is 248 Å². The van der Waals surface area contributed by atoms with E-state index < -0.39 is 11.6 Å². The summed E-state index contributed by atoms with van der Waals surface area (Å²) in [5.74, 6) is 0.512. The van der Waals surface area contributed by atoms with Crippen LogP contribution in [0.3, 0.4) is 0 Å². The summed E-state index contributed by atoms with van der Waals surface area (Å²) in [4.78, 5) is 28.3. The highest BCUT2D eigenvalue weighted by Gasteiger charge is 2.38. The van der Waals surface area contributed by atoms with Crippen LogP contribution in [-0.4, -0.2) is 69.8 Å². The number of nitrogens with zero attached hydrogens (tertiary/aromatic N) is 3. The van der Waals surface area contributed by atoms with Crippen molar-refractivity contribution in [3.8, 4) is 0 Å². The summed E-state index contributed by atoms with van der Waals surface area (Å²) in [7, 11) is 0. The molecule has 5 rings (SSSR count). The highest BCUT2D eigenvalue weighted by atomic mass is 19.1. The van der Waals surface area contributed by atoms with Gasteiger partial charge in [0.05, 0.1) is 0 Å². The second-order valence-electron chi connectivity index (χ2n) is 12.9.